The van der Waals surface area contributed by atoms with E-state index in [1.165, 1.54) is 38.2 Å². The second-order valence-electron chi connectivity index (χ2n) is 24.5. The fraction of sp³-hybridized carbons (Fsp3) is 0.778. The van der Waals surface area contributed by atoms with Crippen molar-refractivity contribution in [2.45, 2.75) is 170 Å². The Morgan fingerprint density at radius 1 is 0.766 bits per heavy atom. The minimum Gasteiger partial charge on any atom is -0.481 e. The van der Waals surface area contributed by atoms with Gasteiger partial charge in [0.15, 0.2) is 0 Å². The van der Waals surface area contributed by atoms with Gasteiger partial charge in [-0.15, -0.1) is 0 Å². The predicted molar refractivity (Wildman–Crippen MR) is 245 cm³/mol. The van der Waals surface area contributed by atoms with Gasteiger partial charge in [0, 0.05) is 36.8 Å². The highest BCUT2D eigenvalue weighted by Crippen LogP contribution is 2.77. The molecule has 2 aromatic rings. The number of imidazole rings is 1. The molecule has 8 aliphatic rings. The van der Waals surface area contributed by atoms with Crippen LogP contribution in [0.5, 0.6) is 0 Å². The highest BCUT2D eigenvalue weighted by Gasteiger charge is 2.71. The number of hydrogen-bond donors (Lipinski definition) is 1. The molecule has 2 unspecified atom stereocenters. The van der Waals surface area contributed by atoms with Crippen LogP contribution in [0.1, 0.15) is 163 Å². The number of aromatic nitrogens is 2. The minimum absolute atomic E-state index is 0.0690. The van der Waals surface area contributed by atoms with Gasteiger partial charge in [0.05, 0.1) is 29.0 Å². The van der Waals surface area contributed by atoms with E-state index >= 15 is 4.79 Å². The molecule has 1 aromatic carbocycles. The Labute approximate surface area is 382 Å². The summed E-state index contributed by atoms with van der Waals surface area (Å²) in [6.07, 6.45) is 18.6. The zero-order chi connectivity index (χ0) is 45.2. The maximum absolute atomic E-state index is 15.7. The van der Waals surface area contributed by atoms with E-state index in [1.54, 1.807) is 12.1 Å². The average molecular weight is 881 g/mol. The normalized spacial score (nSPS) is 41.0. The molecular formula is C54H77FN4O5. The number of fused-ring (bicyclic) bond motifs is 7. The van der Waals surface area contributed by atoms with Gasteiger partial charge in [-0.1, -0.05) is 67.0 Å². The van der Waals surface area contributed by atoms with Crippen LogP contribution >= 0.6 is 0 Å². The van der Waals surface area contributed by atoms with Gasteiger partial charge in [0.25, 0.3) is 0 Å². The van der Waals surface area contributed by atoms with Gasteiger partial charge in [-0.2, -0.15) is 0 Å². The maximum Gasteiger partial charge on any atom is 0.309 e. The van der Waals surface area contributed by atoms with Gasteiger partial charge >= 0.3 is 11.9 Å². The molecule has 1 N–H and O–H groups in total. The molecule has 6 aliphatic carbocycles. The van der Waals surface area contributed by atoms with Crippen molar-refractivity contribution in [3.8, 4) is 11.3 Å². The number of carbonyl (C=O) groups excluding carboxylic acids is 2. The van der Waals surface area contributed by atoms with Crippen LogP contribution in [-0.2, 0) is 25.7 Å². The predicted octanol–water partition coefficient (Wildman–Crippen LogP) is 11.0. The maximum atomic E-state index is 15.7. The van der Waals surface area contributed by atoms with Crippen LogP contribution in [0.25, 0.3) is 11.3 Å². The van der Waals surface area contributed by atoms with E-state index in [9.17, 15) is 19.1 Å². The fourth-order valence-electron chi connectivity index (χ4n) is 17.6. The van der Waals surface area contributed by atoms with Crippen LogP contribution in [0.15, 0.2) is 30.5 Å². The van der Waals surface area contributed by atoms with Crippen molar-refractivity contribution in [3.05, 3.63) is 42.1 Å². The highest BCUT2D eigenvalue weighted by atomic mass is 19.1. The van der Waals surface area contributed by atoms with Gasteiger partial charge in [-0.25, -0.2) is 9.37 Å². The van der Waals surface area contributed by atoms with E-state index in [2.05, 4.69) is 55.2 Å². The van der Waals surface area contributed by atoms with Crippen molar-refractivity contribution >= 4 is 17.8 Å². The number of aliphatic carboxylic acids is 1. The zero-order valence-corrected chi connectivity index (χ0v) is 40.1. The largest absolute Gasteiger partial charge is 0.481 e. The summed E-state index contributed by atoms with van der Waals surface area (Å²) in [6, 6.07) is 6.71. The number of carboxylic acid groups (broad SMARTS) is 1. The summed E-state index contributed by atoms with van der Waals surface area (Å²) in [5, 5.41) is 9.72. The Bertz CT molecular complexity index is 2160. The molecule has 350 valence electrons. The summed E-state index contributed by atoms with van der Waals surface area (Å²) in [5.74, 6) is 1.12. The van der Waals surface area contributed by atoms with Gasteiger partial charge in [0.1, 0.15) is 17.7 Å². The van der Waals surface area contributed by atoms with Crippen LogP contribution in [0, 0.1) is 73.8 Å². The lowest BCUT2D eigenvalue weighted by Crippen LogP contribution is -2.67. The Hall–Kier alpha value is -3.27. The van der Waals surface area contributed by atoms with Gasteiger partial charge in [0.2, 0.25) is 5.91 Å². The third-order valence-electron chi connectivity index (χ3n) is 21.4. The SMILES string of the molecule is CC1(C)C2CC[C@]3(C)C(CC[C@@H]4[C@H]5CCC[C@]5(C(=O)N5CCC[C@H]5c5nc(-c6cccc(F)c6)cn5CCN5CCCC5)CC[C@]43C)[C@@]2(C)CC[C@@H]1OC(=O)[C@H]1C[C@@H](C(=O)O)C1(C)C. The summed E-state index contributed by atoms with van der Waals surface area (Å²) in [5.41, 5.74) is 0.901. The third kappa shape index (κ3) is 6.56. The Kier molecular flexibility index (Phi) is 10.9. The van der Waals surface area contributed by atoms with E-state index in [4.69, 9.17) is 9.72 Å². The van der Waals surface area contributed by atoms with Crippen molar-refractivity contribution in [1.82, 2.24) is 19.4 Å². The molecule has 0 bridgehead atoms. The van der Waals surface area contributed by atoms with Crippen LogP contribution in [0.4, 0.5) is 4.39 Å². The van der Waals surface area contributed by atoms with Crippen LogP contribution < -0.4 is 0 Å². The summed E-state index contributed by atoms with van der Waals surface area (Å²) in [7, 11) is 0. The van der Waals surface area contributed by atoms with E-state index in [0.717, 1.165) is 114 Å². The van der Waals surface area contributed by atoms with Gasteiger partial charge < -0.3 is 24.2 Å². The Morgan fingerprint density at radius 3 is 2.28 bits per heavy atom. The number of rotatable bonds is 9. The average Bonchev–Trinajstić information content (AvgIpc) is 4.08. The molecule has 1 aromatic heterocycles. The van der Waals surface area contributed by atoms with E-state index < -0.39 is 17.3 Å². The van der Waals surface area contributed by atoms with Crippen molar-refractivity contribution in [2.75, 3.05) is 26.2 Å². The molecule has 0 spiro atoms. The summed E-state index contributed by atoms with van der Waals surface area (Å²) in [4.78, 5) is 51.3. The van der Waals surface area contributed by atoms with Crippen LogP contribution in [0.2, 0.25) is 0 Å². The van der Waals surface area contributed by atoms with Crippen LogP contribution in [-0.4, -0.2) is 74.6 Å². The summed E-state index contributed by atoms with van der Waals surface area (Å²) >= 11 is 0. The summed E-state index contributed by atoms with van der Waals surface area (Å²) < 4.78 is 23.3. The molecule has 12 atom stereocenters. The highest BCUT2D eigenvalue weighted by molar-refractivity contribution is 5.84. The standard InChI is InChI=1S/C54H77FN4O5/c1-49(2)38(46(60)61)32-39(49)47(62)64-44-20-22-51(5)42(50(44,3)4)19-23-53(7)43(51)18-17-36-37-15-11-21-54(37,25-24-52(36,53)6)48(63)59-28-12-16-41(59)45-56-40(34-13-10-14-35(55)31-34)33-58(45)30-29-57-26-8-9-27-57/h10,13-14,31,33,36-39,41-44H,8-9,11-12,15-30,32H2,1-7H3,(H,60,61)/t36-,37-,38+,39-,41+,42?,43?,44+,51+,52-,53-,54+/m1/s1. The van der Waals surface area contributed by atoms with E-state index in [0.29, 0.717) is 36.0 Å². The monoisotopic (exact) mass is 881 g/mol. The molecule has 9 nitrogen and oxygen atoms in total. The molecular weight excluding hydrogens is 804 g/mol. The van der Waals surface area contributed by atoms with Crippen molar-refractivity contribution in [2.24, 2.45) is 68.0 Å². The second-order valence-corrected chi connectivity index (χ2v) is 24.5. The molecule has 10 heteroatoms. The first kappa shape index (κ1) is 44.6. The lowest BCUT2D eigenvalue weighted by Gasteiger charge is -2.72. The molecule has 0 radical (unpaired) electrons. The minimum atomic E-state index is -0.819. The Morgan fingerprint density at radius 2 is 1.55 bits per heavy atom. The lowest BCUT2D eigenvalue weighted by atomic mass is 9.32. The molecule has 2 saturated heterocycles. The Balaban J connectivity index is 0.879. The second kappa shape index (κ2) is 15.7. The molecule has 64 heavy (non-hydrogen) atoms. The number of ether oxygens (including phenoxy) is 1. The summed E-state index contributed by atoms with van der Waals surface area (Å²) in [6.45, 7) is 21.2. The molecule has 2 aliphatic heterocycles. The van der Waals surface area contributed by atoms with Crippen LogP contribution in [0.3, 0.4) is 0 Å². The van der Waals surface area contributed by atoms with Crippen molar-refractivity contribution in [3.63, 3.8) is 0 Å². The zero-order valence-electron chi connectivity index (χ0n) is 40.1. The quantitative estimate of drug-likeness (QED) is 0.250. The van der Waals surface area contributed by atoms with Crippen molar-refractivity contribution in [1.29, 1.82) is 0 Å². The molecule has 8 fully saturated rings. The topological polar surface area (TPSA) is 105 Å². The first-order valence-corrected chi connectivity index (χ1v) is 25.6. The lowest BCUT2D eigenvalue weighted by molar-refractivity contribution is -0.250. The number of likely N-dealkylation sites (tertiary alicyclic amines) is 2. The smallest absolute Gasteiger partial charge is 0.309 e. The molecule has 10 rings (SSSR count). The number of nitrogens with zero attached hydrogens (tertiary/aromatic N) is 4. The number of halogens is 1. The van der Waals surface area contributed by atoms with Gasteiger partial charge in [-0.3, -0.25) is 14.4 Å². The number of carbonyl (C=O) groups is 3. The van der Waals surface area contributed by atoms with E-state index in [-0.39, 0.29) is 56.9 Å². The third-order valence-corrected chi connectivity index (χ3v) is 21.4. The van der Waals surface area contributed by atoms with Crippen molar-refractivity contribution < 1.29 is 28.6 Å². The first-order valence-electron chi connectivity index (χ1n) is 25.6. The number of hydrogen-bond acceptors (Lipinski definition) is 6. The number of amides is 1. The van der Waals surface area contributed by atoms with E-state index in [1.807, 2.05) is 19.9 Å². The fourth-order valence-corrected chi connectivity index (χ4v) is 17.6. The molecule has 3 heterocycles. The molecule has 6 saturated carbocycles. The van der Waals surface area contributed by atoms with Gasteiger partial charge in [-0.05, 0) is 167 Å². The number of carboxylic acids is 1. The number of esters is 1. The first-order chi connectivity index (χ1) is 30.3. The molecule has 1 amide bonds. The number of benzene rings is 1.